The highest BCUT2D eigenvalue weighted by Gasteiger charge is 2.29. The van der Waals surface area contributed by atoms with Crippen LogP contribution in [-0.4, -0.2) is 29.1 Å². The first-order valence-corrected chi connectivity index (χ1v) is 6.97. The summed E-state index contributed by atoms with van der Waals surface area (Å²) in [6.07, 6.45) is 2.20. The number of hydrogen-bond donors (Lipinski definition) is 1. The van der Waals surface area contributed by atoms with Crippen LogP contribution in [0.1, 0.15) is 50.8 Å². The Morgan fingerprint density at radius 3 is 2.11 bits per heavy atom. The number of benzene rings is 1. The van der Waals surface area contributed by atoms with E-state index in [1.54, 1.807) is 0 Å². The van der Waals surface area contributed by atoms with Gasteiger partial charge in [-0.15, -0.1) is 0 Å². The van der Waals surface area contributed by atoms with Crippen molar-refractivity contribution in [2.45, 2.75) is 45.1 Å². The average molecular weight is 261 g/mol. The Labute approximate surface area is 115 Å². The zero-order valence-electron chi connectivity index (χ0n) is 12.0. The number of nitrogens with zero attached hydrogens (tertiary/aromatic N) is 1. The molecule has 104 valence electrons. The van der Waals surface area contributed by atoms with Crippen molar-refractivity contribution in [3.63, 3.8) is 0 Å². The molecule has 3 heteroatoms. The van der Waals surface area contributed by atoms with Gasteiger partial charge in [0.25, 0.3) is 0 Å². The second kappa shape index (κ2) is 5.33. The van der Waals surface area contributed by atoms with Crippen molar-refractivity contribution < 1.29 is 9.90 Å². The maximum Gasteiger partial charge on any atom is 0.325 e. The quantitative estimate of drug-likeness (QED) is 0.908. The molecule has 1 atom stereocenters. The molecule has 0 bridgehead atoms. The van der Waals surface area contributed by atoms with Crippen LogP contribution < -0.4 is 0 Å². The molecule has 1 fully saturated rings. The Kier molecular flexibility index (Phi) is 3.95. The van der Waals surface area contributed by atoms with E-state index in [9.17, 15) is 9.90 Å². The molecular weight excluding hydrogens is 238 g/mol. The second-order valence-electron chi connectivity index (χ2n) is 6.36. The predicted octanol–water partition coefficient (Wildman–Crippen LogP) is 3.21. The van der Waals surface area contributed by atoms with Crippen LogP contribution in [0.3, 0.4) is 0 Å². The molecule has 1 aliphatic rings. The molecule has 1 heterocycles. The molecule has 1 unspecified atom stereocenters. The standard InChI is InChI=1S/C16H23NO2/c1-16(2,3)13-8-6-12(7-9-13)14(15(18)19)17-10-4-5-11-17/h6-9,14H,4-5,10-11H2,1-3H3,(H,18,19). The number of likely N-dealkylation sites (tertiary alicyclic amines) is 1. The van der Waals surface area contributed by atoms with Gasteiger partial charge in [0.1, 0.15) is 6.04 Å². The van der Waals surface area contributed by atoms with Crippen LogP contribution in [-0.2, 0) is 10.2 Å². The summed E-state index contributed by atoms with van der Waals surface area (Å²) in [6, 6.07) is 7.56. The lowest BCUT2D eigenvalue weighted by molar-refractivity contribution is -0.143. The fourth-order valence-corrected chi connectivity index (χ4v) is 2.67. The molecular formula is C16H23NO2. The Balaban J connectivity index is 2.25. The highest BCUT2D eigenvalue weighted by Crippen LogP contribution is 2.28. The number of carboxylic acids is 1. The largest absolute Gasteiger partial charge is 0.480 e. The highest BCUT2D eigenvalue weighted by atomic mass is 16.4. The van der Waals surface area contributed by atoms with Crippen molar-refractivity contribution in [3.05, 3.63) is 35.4 Å². The SMILES string of the molecule is CC(C)(C)c1ccc(C(C(=O)O)N2CCCC2)cc1. The molecule has 1 aromatic rings. The third kappa shape index (κ3) is 3.16. The van der Waals surface area contributed by atoms with Gasteiger partial charge in [0.2, 0.25) is 0 Å². The van der Waals surface area contributed by atoms with Gasteiger partial charge in [0.05, 0.1) is 0 Å². The average Bonchev–Trinajstić information content (AvgIpc) is 2.82. The first-order valence-electron chi connectivity index (χ1n) is 6.97. The molecule has 0 spiro atoms. The molecule has 2 rings (SSSR count). The number of hydrogen-bond acceptors (Lipinski definition) is 2. The molecule has 1 aliphatic heterocycles. The zero-order valence-corrected chi connectivity index (χ0v) is 12.0. The van der Waals surface area contributed by atoms with Crippen LogP contribution in [0.4, 0.5) is 0 Å². The summed E-state index contributed by atoms with van der Waals surface area (Å²) < 4.78 is 0. The Bertz CT molecular complexity index is 439. The summed E-state index contributed by atoms with van der Waals surface area (Å²) in [5.74, 6) is -0.745. The number of carboxylic acid groups (broad SMARTS) is 1. The van der Waals surface area contributed by atoms with Crippen molar-refractivity contribution in [1.82, 2.24) is 4.90 Å². The molecule has 1 aromatic carbocycles. The fraction of sp³-hybridized carbons (Fsp3) is 0.562. The van der Waals surface area contributed by atoms with E-state index in [1.165, 1.54) is 5.56 Å². The highest BCUT2D eigenvalue weighted by molar-refractivity contribution is 5.75. The van der Waals surface area contributed by atoms with Crippen molar-refractivity contribution in [1.29, 1.82) is 0 Å². The summed E-state index contributed by atoms with van der Waals surface area (Å²) in [5, 5.41) is 9.47. The van der Waals surface area contributed by atoms with E-state index in [2.05, 4.69) is 37.8 Å². The van der Waals surface area contributed by atoms with Crippen molar-refractivity contribution in [2.75, 3.05) is 13.1 Å². The van der Waals surface area contributed by atoms with Gasteiger partial charge < -0.3 is 5.11 Å². The Morgan fingerprint density at radius 2 is 1.68 bits per heavy atom. The van der Waals surface area contributed by atoms with E-state index in [0.717, 1.165) is 31.5 Å². The van der Waals surface area contributed by atoms with Gasteiger partial charge in [-0.2, -0.15) is 0 Å². The molecule has 0 radical (unpaired) electrons. The van der Waals surface area contributed by atoms with Crippen molar-refractivity contribution in [2.24, 2.45) is 0 Å². The molecule has 1 N–H and O–H groups in total. The smallest absolute Gasteiger partial charge is 0.325 e. The number of rotatable bonds is 3. The second-order valence-corrected chi connectivity index (χ2v) is 6.36. The fourth-order valence-electron chi connectivity index (χ4n) is 2.67. The lowest BCUT2D eigenvalue weighted by atomic mass is 9.86. The van der Waals surface area contributed by atoms with E-state index >= 15 is 0 Å². The molecule has 0 saturated carbocycles. The minimum atomic E-state index is -0.745. The molecule has 3 nitrogen and oxygen atoms in total. The third-order valence-corrected chi connectivity index (χ3v) is 3.83. The van der Waals surface area contributed by atoms with Crippen molar-refractivity contribution in [3.8, 4) is 0 Å². The number of carbonyl (C=O) groups is 1. The topological polar surface area (TPSA) is 40.5 Å². The van der Waals surface area contributed by atoms with E-state index in [0.29, 0.717) is 0 Å². The van der Waals surface area contributed by atoms with E-state index in [1.807, 2.05) is 12.1 Å². The minimum Gasteiger partial charge on any atom is -0.480 e. The predicted molar refractivity (Wildman–Crippen MR) is 76.3 cm³/mol. The minimum absolute atomic E-state index is 0.102. The van der Waals surface area contributed by atoms with Gasteiger partial charge in [0, 0.05) is 0 Å². The normalized spacial score (nSPS) is 18.5. The van der Waals surface area contributed by atoms with Crippen LogP contribution in [0.2, 0.25) is 0 Å². The van der Waals surface area contributed by atoms with Gasteiger partial charge in [0.15, 0.2) is 0 Å². The summed E-state index contributed by atoms with van der Waals surface area (Å²) in [7, 11) is 0. The summed E-state index contributed by atoms with van der Waals surface area (Å²) in [6.45, 7) is 8.27. The monoisotopic (exact) mass is 261 g/mol. The summed E-state index contributed by atoms with van der Waals surface area (Å²) in [4.78, 5) is 13.6. The van der Waals surface area contributed by atoms with Gasteiger partial charge in [-0.05, 0) is 42.5 Å². The first kappa shape index (κ1) is 14.1. The molecule has 0 aromatic heterocycles. The molecule has 1 saturated heterocycles. The van der Waals surface area contributed by atoms with Gasteiger partial charge in [-0.3, -0.25) is 9.69 Å². The van der Waals surface area contributed by atoms with Crippen LogP contribution in [0.15, 0.2) is 24.3 Å². The first-order chi connectivity index (χ1) is 8.89. The Morgan fingerprint density at radius 1 is 1.16 bits per heavy atom. The third-order valence-electron chi connectivity index (χ3n) is 3.83. The maximum atomic E-state index is 11.5. The Hall–Kier alpha value is -1.35. The van der Waals surface area contributed by atoms with E-state index in [-0.39, 0.29) is 5.41 Å². The maximum absolute atomic E-state index is 11.5. The molecule has 0 aliphatic carbocycles. The number of aliphatic carboxylic acids is 1. The van der Waals surface area contributed by atoms with Crippen LogP contribution in [0.25, 0.3) is 0 Å². The van der Waals surface area contributed by atoms with Crippen LogP contribution in [0.5, 0.6) is 0 Å². The van der Waals surface area contributed by atoms with Gasteiger partial charge >= 0.3 is 5.97 Å². The van der Waals surface area contributed by atoms with Crippen LogP contribution >= 0.6 is 0 Å². The zero-order chi connectivity index (χ0) is 14.0. The van der Waals surface area contributed by atoms with Gasteiger partial charge in [-0.1, -0.05) is 45.0 Å². The lowest BCUT2D eigenvalue weighted by Gasteiger charge is -2.25. The van der Waals surface area contributed by atoms with Crippen molar-refractivity contribution >= 4 is 5.97 Å². The molecule has 19 heavy (non-hydrogen) atoms. The summed E-state index contributed by atoms with van der Waals surface area (Å²) >= 11 is 0. The lowest BCUT2D eigenvalue weighted by Crippen LogP contribution is -2.31. The van der Waals surface area contributed by atoms with Gasteiger partial charge in [-0.25, -0.2) is 0 Å². The summed E-state index contributed by atoms with van der Waals surface area (Å²) in [5.41, 5.74) is 2.23. The van der Waals surface area contributed by atoms with Crippen LogP contribution in [0, 0.1) is 0 Å². The molecule has 0 amide bonds. The van der Waals surface area contributed by atoms with E-state index in [4.69, 9.17) is 0 Å². The van der Waals surface area contributed by atoms with E-state index < -0.39 is 12.0 Å².